The molecule has 0 aliphatic heterocycles. The van der Waals surface area contributed by atoms with Gasteiger partial charge in [-0.05, 0) is 64.0 Å². The predicted molar refractivity (Wildman–Crippen MR) is 73.2 cm³/mol. The molecule has 1 aliphatic carbocycles. The van der Waals surface area contributed by atoms with Crippen LogP contribution in [-0.2, 0) is 0 Å². The molecule has 0 radical (unpaired) electrons. The smallest absolute Gasteiger partial charge is 0.0225 e. The second kappa shape index (κ2) is 7.55. The van der Waals surface area contributed by atoms with Crippen LogP contribution in [0, 0.1) is 11.8 Å². The van der Waals surface area contributed by atoms with E-state index in [-0.39, 0.29) is 0 Å². The molecule has 0 saturated heterocycles. The van der Waals surface area contributed by atoms with E-state index in [1.807, 2.05) is 0 Å². The van der Waals surface area contributed by atoms with Gasteiger partial charge in [-0.25, -0.2) is 0 Å². The highest BCUT2D eigenvalue weighted by Crippen LogP contribution is 2.26. The van der Waals surface area contributed by atoms with Gasteiger partial charge >= 0.3 is 0 Å². The summed E-state index contributed by atoms with van der Waals surface area (Å²) in [5.74, 6) is 2.55. The van der Waals surface area contributed by atoms with Crippen LogP contribution in [0.1, 0.15) is 52.4 Å². The number of hydrogen-bond donors (Lipinski definition) is 0. The van der Waals surface area contributed by atoms with E-state index in [0.29, 0.717) is 0 Å². The first-order chi connectivity index (χ1) is 7.63. The maximum Gasteiger partial charge on any atom is 0.0225 e. The topological polar surface area (TPSA) is 3.24 Å². The monoisotopic (exact) mass is 245 g/mol. The van der Waals surface area contributed by atoms with Gasteiger partial charge in [-0.2, -0.15) is 0 Å². The van der Waals surface area contributed by atoms with Crippen molar-refractivity contribution in [3.05, 3.63) is 0 Å². The van der Waals surface area contributed by atoms with Gasteiger partial charge in [0.25, 0.3) is 0 Å². The first-order valence-electron chi connectivity index (χ1n) is 6.89. The molecule has 0 N–H and O–H groups in total. The lowest BCUT2D eigenvalue weighted by molar-refractivity contribution is 0.162. The molecule has 1 fully saturated rings. The van der Waals surface area contributed by atoms with E-state index in [2.05, 4.69) is 25.8 Å². The van der Waals surface area contributed by atoms with Crippen LogP contribution in [0.3, 0.4) is 0 Å². The fourth-order valence-electron chi connectivity index (χ4n) is 2.62. The Hall–Kier alpha value is 0.250. The van der Waals surface area contributed by atoms with Crippen LogP contribution >= 0.6 is 11.6 Å². The van der Waals surface area contributed by atoms with Crippen LogP contribution in [0.4, 0.5) is 0 Å². The van der Waals surface area contributed by atoms with Crippen LogP contribution < -0.4 is 0 Å². The quantitative estimate of drug-likeness (QED) is 0.636. The number of hydrogen-bond acceptors (Lipinski definition) is 1. The van der Waals surface area contributed by atoms with Gasteiger partial charge in [-0.1, -0.05) is 13.8 Å². The molecular weight excluding hydrogens is 218 g/mol. The van der Waals surface area contributed by atoms with Gasteiger partial charge in [0, 0.05) is 11.9 Å². The van der Waals surface area contributed by atoms with Gasteiger partial charge in [0.15, 0.2) is 0 Å². The Morgan fingerprint density at radius 1 is 1.19 bits per heavy atom. The molecule has 0 bridgehead atoms. The molecule has 96 valence electrons. The molecule has 2 heteroatoms. The van der Waals surface area contributed by atoms with E-state index in [9.17, 15) is 0 Å². The van der Waals surface area contributed by atoms with E-state index >= 15 is 0 Å². The van der Waals surface area contributed by atoms with Gasteiger partial charge in [-0.3, -0.25) is 0 Å². The molecule has 1 unspecified atom stereocenters. The summed E-state index contributed by atoms with van der Waals surface area (Å²) in [7, 11) is 2.30. The molecule has 0 aromatic carbocycles. The van der Waals surface area contributed by atoms with E-state index in [4.69, 9.17) is 11.6 Å². The zero-order valence-electron chi connectivity index (χ0n) is 11.2. The third-order valence-electron chi connectivity index (χ3n) is 4.19. The summed E-state index contributed by atoms with van der Waals surface area (Å²) in [4.78, 5) is 2.58. The summed E-state index contributed by atoms with van der Waals surface area (Å²) in [5.41, 5.74) is 0. The molecule has 0 spiro atoms. The highest BCUT2D eigenvalue weighted by atomic mass is 35.5. The average molecular weight is 246 g/mol. The van der Waals surface area contributed by atoms with Crippen molar-refractivity contribution in [2.75, 3.05) is 19.5 Å². The molecule has 0 amide bonds. The highest BCUT2D eigenvalue weighted by Gasteiger charge is 2.21. The third kappa shape index (κ3) is 5.05. The summed E-state index contributed by atoms with van der Waals surface area (Å²) in [6.45, 7) is 5.95. The number of rotatable bonds is 6. The van der Waals surface area contributed by atoms with Crippen LogP contribution in [0.2, 0.25) is 0 Å². The summed E-state index contributed by atoms with van der Waals surface area (Å²) >= 11 is 5.76. The second-order valence-corrected chi connectivity index (χ2v) is 6.14. The van der Waals surface area contributed by atoms with Crippen LogP contribution in [0.25, 0.3) is 0 Å². The Morgan fingerprint density at radius 3 is 2.38 bits per heavy atom. The van der Waals surface area contributed by atoms with Gasteiger partial charge in [0.05, 0.1) is 0 Å². The predicted octanol–water partition coefficient (Wildman–Crippen LogP) is 4.15. The average Bonchev–Trinajstić information content (AvgIpc) is 2.27. The Balaban J connectivity index is 2.16. The second-order valence-electron chi connectivity index (χ2n) is 5.77. The van der Waals surface area contributed by atoms with Crippen molar-refractivity contribution in [1.82, 2.24) is 4.90 Å². The minimum absolute atomic E-state index is 0.780. The highest BCUT2D eigenvalue weighted by molar-refractivity contribution is 6.17. The van der Waals surface area contributed by atoms with Crippen LogP contribution in [0.15, 0.2) is 0 Å². The van der Waals surface area contributed by atoms with Crippen LogP contribution in [-0.4, -0.2) is 30.4 Å². The summed E-state index contributed by atoms with van der Waals surface area (Å²) in [6, 6.07) is 0.847. The Labute approximate surface area is 107 Å². The zero-order chi connectivity index (χ0) is 12.0. The molecule has 0 aromatic heterocycles. The summed E-state index contributed by atoms with van der Waals surface area (Å²) in [5, 5.41) is 0. The molecule has 1 saturated carbocycles. The van der Waals surface area contributed by atoms with Crippen molar-refractivity contribution in [2.24, 2.45) is 11.8 Å². The first kappa shape index (κ1) is 14.3. The molecular formula is C14H28ClN. The van der Waals surface area contributed by atoms with Gasteiger partial charge in [-0.15, -0.1) is 11.6 Å². The minimum Gasteiger partial charge on any atom is -0.303 e. The first-order valence-corrected chi connectivity index (χ1v) is 7.43. The van der Waals surface area contributed by atoms with Gasteiger partial charge < -0.3 is 4.90 Å². The lowest BCUT2D eigenvalue weighted by atomic mass is 9.86. The van der Waals surface area contributed by atoms with E-state index < -0.39 is 0 Å². The Kier molecular flexibility index (Phi) is 6.75. The molecule has 0 heterocycles. The maximum absolute atomic E-state index is 5.76. The van der Waals surface area contributed by atoms with Crippen molar-refractivity contribution in [2.45, 2.75) is 58.4 Å². The SMILES string of the molecule is CC1CCC(N(C)CCC(C)CCCl)CC1. The number of nitrogens with zero attached hydrogens (tertiary/aromatic N) is 1. The standard InChI is InChI=1S/C14H28ClN/c1-12-4-6-14(7-5-12)16(3)11-9-13(2)8-10-15/h12-14H,4-11H2,1-3H3. The van der Waals surface area contributed by atoms with Crippen molar-refractivity contribution < 1.29 is 0 Å². The van der Waals surface area contributed by atoms with Crippen molar-refractivity contribution >= 4 is 11.6 Å². The fraction of sp³-hybridized carbons (Fsp3) is 1.00. The molecule has 1 rings (SSSR count). The normalized spacial score (nSPS) is 28.3. The van der Waals surface area contributed by atoms with E-state index in [1.54, 1.807) is 0 Å². The lowest BCUT2D eigenvalue weighted by Crippen LogP contribution is -2.36. The van der Waals surface area contributed by atoms with Gasteiger partial charge in [0.2, 0.25) is 0 Å². The fourth-order valence-corrected chi connectivity index (χ4v) is 2.99. The van der Waals surface area contributed by atoms with Crippen molar-refractivity contribution in [3.8, 4) is 0 Å². The molecule has 1 nitrogen and oxygen atoms in total. The number of halogens is 1. The summed E-state index contributed by atoms with van der Waals surface area (Å²) < 4.78 is 0. The lowest BCUT2D eigenvalue weighted by Gasteiger charge is -2.34. The van der Waals surface area contributed by atoms with E-state index in [0.717, 1.165) is 30.2 Å². The number of alkyl halides is 1. The molecule has 1 atom stereocenters. The largest absolute Gasteiger partial charge is 0.303 e. The summed E-state index contributed by atoms with van der Waals surface area (Å²) in [6.07, 6.45) is 8.12. The van der Waals surface area contributed by atoms with Crippen molar-refractivity contribution in [1.29, 1.82) is 0 Å². The van der Waals surface area contributed by atoms with Crippen LogP contribution in [0.5, 0.6) is 0 Å². The van der Waals surface area contributed by atoms with Crippen molar-refractivity contribution in [3.63, 3.8) is 0 Å². The zero-order valence-corrected chi connectivity index (χ0v) is 12.0. The minimum atomic E-state index is 0.780. The Morgan fingerprint density at radius 2 is 1.81 bits per heavy atom. The molecule has 1 aliphatic rings. The van der Waals surface area contributed by atoms with Gasteiger partial charge in [0.1, 0.15) is 0 Å². The maximum atomic E-state index is 5.76. The third-order valence-corrected chi connectivity index (χ3v) is 4.40. The molecule has 16 heavy (non-hydrogen) atoms. The van der Waals surface area contributed by atoms with E-state index in [1.165, 1.54) is 38.6 Å². The Bertz CT molecular complexity index is 176. The molecule has 0 aromatic rings.